The zero-order valence-electron chi connectivity index (χ0n) is 8.91. The first-order chi connectivity index (χ1) is 7.81. The summed E-state index contributed by atoms with van der Waals surface area (Å²) in [5.41, 5.74) is 2.47. The van der Waals surface area contributed by atoms with E-state index in [1.54, 1.807) is 0 Å². The van der Waals surface area contributed by atoms with Gasteiger partial charge in [0.1, 0.15) is 12.0 Å². The lowest BCUT2D eigenvalue weighted by Gasteiger charge is -2.26. The summed E-state index contributed by atoms with van der Waals surface area (Å²) in [5.74, 6) is -0.165. The number of benzene rings is 1. The number of fused-ring (bicyclic) bond motifs is 1. The summed E-state index contributed by atoms with van der Waals surface area (Å²) in [6, 6.07) is 8.17. The van der Waals surface area contributed by atoms with Gasteiger partial charge in [-0.3, -0.25) is 4.79 Å². The van der Waals surface area contributed by atoms with Crippen molar-refractivity contribution in [2.24, 2.45) is 0 Å². The maximum absolute atomic E-state index is 11.1. The van der Waals surface area contributed by atoms with Gasteiger partial charge in [-0.2, -0.15) is 0 Å². The molecule has 3 nitrogen and oxygen atoms in total. The Morgan fingerprint density at radius 2 is 2.31 bits per heavy atom. The third kappa shape index (κ3) is 2.54. The number of halogens is 1. The lowest BCUT2D eigenvalue weighted by molar-refractivity contribution is -0.119. The van der Waals surface area contributed by atoms with Crippen LogP contribution in [0.25, 0.3) is 0 Å². The Morgan fingerprint density at radius 1 is 1.50 bits per heavy atom. The number of alkyl halides is 1. The van der Waals surface area contributed by atoms with Crippen molar-refractivity contribution in [2.75, 3.05) is 19.0 Å². The highest BCUT2D eigenvalue weighted by atomic mass is 35.5. The van der Waals surface area contributed by atoms with Crippen molar-refractivity contribution >= 4 is 17.5 Å². The van der Waals surface area contributed by atoms with E-state index in [0.29, 0.717) is 13.2 Å². The Labute approximate surface area is 99.7 Å². The van der Waals surface area contributed by atoms with Crippen molar-refractivity contribution in [3.63, 3.8) is 0 Å². The van der Waals surface area contributed by atoms with E-state index in [2.05, 4.69) is 11.4 Å². The minimum Gasteiger partial charge on any atom is -0.371 e. The molecule has 1 aliphatic rings. The Kier molecular flexibility index (Phi) is 3.80. The van der Waals surface area contributed by atoms with E-state index < -0.39 is 0 Å². The topological polar surface area (TPSA) is 38.3 Å². The van der Waals surface area contributed by atoms with Gasteiger partial charge < -0.3 is 10.1 Å². The van der Waals surface area contributed by atoms with Crippen molar-refractivity contribution in [3.05, 3.63) is 35.4 Å². The number of amides is 1. The number of rotatable bonds is 3. The molecule has 0 saturated heterocycles. The van der Waals surface area contributed by atoms with Crippen LogP contribution in [0.15, 0.2) is 24.3 Å². The highest BCUT2D eigenvalue weighted by Gasteiger charge is 2.20. The van der Waals surface area contributed by atoms with Gasteiger partial charge >= 0.3 is 0 Å². The van der Waals surface area contributed by atoms with Crippen LogP contribution in [0.2, 0.25) is 0 Å². The van der Waals surface area contributed by atoms with Crippen molar-refractivity contribution in [1.82, 2.24) is 5.32 Å². The lowest BCUT2D eigenvalue weighted by Crippen LogP contribution is -2.32. The Hall–Kier alpha value is -1.06. The molecular formula is C12H14ClNO2. The van der Waals surface area contributed by atoms with Crippen molar-refractivity contribution in [2.45, 2.75) is 12.5 Å². The number of carbonyl (C=O) groups excluding carboxylic acids is 1. The summed E-state index contributed by atoms with van der Waals surface area (Å²) in [4.78, 5) is 11.1. The molecule has 0 saturated carbocycles. The summed E-state index contributed by atoms with van der Waals surface area (Å²) >= 11 is 5.42. The van der Waals surface area contributed by atoms with Gasteiger partial charge in [0.05, 0.1) is 6.61 Å². The van der Waals surface area contributed by atoms with E-state index in [-0.39, 0.29) is 17.9 Å². The van der Waals surface area contributed by atoms with Crippen LogP contribution in [-0.2, 0) is 16.0 Å². The quantitative estimate of drug-likeness (QED) is 0.815. The number of hydrogen-bond acceptors (Lipinski definition) is 2. The van der Waals surface area contributed by atoms with Crippen LogP contribution >= 0.6 is 11.6 Å². The second-order valence-electron chi connectivity index (χ2n) is 3.75. The zero-order chi connectivity index (χ0) is 11.4. The van der Waals surface area contributed by atoms with Gasteiger partial charge in [0.15, 0.2) is 0 Å². The zero-order valence-corrected chi connectivity index (χ0v) is 9.67. The molecule has 1 aromatic rings. The SMILES string of the molecule is O=C(CCl)NC[C@H]1OCCc2ccccc21. The Bertz CT molecular complexity index is 381. The number of ether oxygens (including phenoxy) is 1. The molecule has 1 heterocycles. The summed E-state index contributed by atoms with van der Waals surface area (Å²) in [5, 5.41) is 2.75. The first-order valence-electron chi connectivity index (χ1n) is 5.33. The largest absolute Gasteiger partial charge is 0.371 e. The normalized spacial score (nSPS) is 18.9. The average Bonchev–Trinajstić information content (AvgIpc) is 2.35. The predicted octanol–water partition coefficient (Wildman–Crippen LogP) is 1.66. The molecule has 1 N–H and O–H groups in total. The Balaban J connectivity index is 2.04. The number of carbonyl (C=O) groups is 1. The molecule has 0 aliphatic carbocycles. The molecule has 1 aromatic carbocycles. The van der Waals surface area contributed by atoms with Crippen LogP contribution < -0.4 is 5.32 Å². The second-order valence-corrected chi connectivity index (χ2v) is 4.01. The van der Waals surface area contributed by atoms with E-state index in [0.717, 1.165) is 6.42 Å². The van der Waals surface area contributed by atoms with E-state index >= 15 is 0 Å². The van der Waals surface area contributed by atoms with Crippen LogP contribution in [0.5, 0.6) is 0 Å². The first kappa shape index (κ1) is 11.4. The molecule has 16 heavy (non-hydrogen) atoms. The Morgan fingerprint density at radius 3 is 3.12 bits per heavy atom. The fraction of sp³-hybridized carbons (Fsp3) is 0.417. The van der Waals surface area contributed by atoms with E-state index in [9.17, 15) is 4.79 Å². The molecule has 86 valence electrons. The second kappa shape index (κ2) is 5.32. The van der Waals surface area contributed by atoms with Gasteiger partial charge in [-0.15, -0.1) is 11.6 Å². The van der Waals surface area contributed by atoms with Gasteiger partial charge in [-0.1, -0.05) is 24.3 Å². The molecule has 2 rings (SSSR count). The van der Waals surface area contributed by atoms with E-state index in [1.807, 2.05) is 18.2 Å². The maximum atomic E-state index is 11.1. The van der Waals surface area contributed by atoms with Crippen molar-refractivity contribution in [1.29, 1.82) is 0 Å². The van der Waals surface area contributed by atoms with E-state index in [1.165, 1.54) is 11.1 Å². The van der Waals surface area contributed by atoms with Crippen LogP contribution in [-0.4, -0.2) is 24.9 Å². The highest BCUT2D eigenvalue weighted by Crippen LogP contribution is 2.25. The van der Waals surface area contributed by atoms with Crippen LogP contribution in [0, 0.1) is 0 Å². The molecule has 0 unspecified atom stereocenters. The minimum atomic E-state index is -0.159. The van der Waals surface area contributed by atoms with Gasteiger partial charge in [-0.05, 0) is 17.5 Å². The molecule has 1 aliphatic heterocycles. The summed E-state index contributed by atoms with van der Waals surface area (Å²) in [7, 11) is 0. The summed E-state index contributed by atoms with van der Waals surface area (Å²) in [6.07, 6.45) is 0.896. The van der Waals surface area contributed by atoms with Gasteiger partial charge in [0, 0.05) is 6.54 Å². The number of nitrogens with one attached hydrogen (secondary N) is 1. The molecule has 0 aromatic heterocycles. The molecule has 0 fully saturated rings. The molecule has 0 bridgehead atoms. The van der Waals surface area contributed by atoms with Crippen molar-refractivity contribution < 1.29 is 9.53 Å². The van der Waals surface area contributed by atoms with E-state index in [4.69, 9.17) is 16.3 Å². The van der Waals surface area contributed by atoms with Crippen LogP contribution in [0.3, 0.4) is 0 Å². The smallest absolute Gasteiger partial charge is 0.235 e. The van der Waals surface area contributed by atoms with Crippen molar-refractivity contribution in [3.8, 4) is 0 Å². The predicted molar refractivity (Wildman–Crippen MR) is 62.6 cm³/mol. The summed E-state index contributed by atoms with van der Waals surface area (Å²) < 4.78 is 5.64. The number of hydrogen-bond donors (Lipinski definition) is 1. The molecule has 4 heteroatoms. The molecule has 0 radical (unpaired) electrons. The van der Waals surface area contributed by atoms with Gasteiger partial charge in [0.2, 0.25) is 5.91 Å². The highest BCUT2D eigenvalue weighted by molar-refractivity contribution is 6.27. The lowest BCUT2D eigenvalue weighted by atomic mass is 9.97. The fourth-order valence-electron chi connectivity index (χ4n) is 1.90. The minimum absolute atomic E-state index is 0.00559. The maximum Gasteiger partial charge on any atom is 0.235 e. The first-order valence-corrected chi connectivity index (χ1v) is 5.87. The fourth-order valence-corrected chi connectivity index (χ4v) is 1.99. The van der Waals surface area contributed by atoms with Crippen LogP contribution in [0.4, 0.5) is 0 Å². The molecular weight excluding hydrogens is 226 g/mol. The summed E-state index contributed by atoms with van der Waals surface area (Å²) in [6.45, 7) is 1.20. The monoisotopic (exact) mass is 239 g/mol. The van der Waals surface area contributed by atoms with Crippen LogP contribution in [0.1, 0.15) is 17.2 Å². The average molecular weight is 240 g/mol. The molecule has 0 spiro atoms. The molecule has 1 amide bonds. The molecule has 1 atom stereocenters. The standard InChI is InChI=1S/C12H14ClNO2/c13-7-12(15)14-8-11-10-4-2-1-3-9(10)5-6-16-11/h1-4,11H,5-8H2,(H,14,15)/t11-/m1/s1. The van der Waals surface area contributed by atoms with Gasteiger partial charge in [-0.25, -0.2) is 0 Å². The third-order valence-electron chi connectivity index (χ3n) is 2.70. The third-order valence-corrected chi connectivity index (χ3v) is 2.94. The van der Waals surface area contributed by atoms with Gasteiger partial charge in [0.25, 0.3) is 0 Å².